The van der Waals surface area contributed by atoms with Gasteiger partial charge in [-0.2, -0.15) is 0 Å². The monoisotopic (exact) mass is 446 g/mol. The fourth-order valence-corrected chi connectivity index (χ4v) is 3.94. The molecule has 0 aromatic heterocycles. The summed E-state index contributed by atoms with van der Waals surface area (Å²) >= 11 is 0. The molecule has 4 rings (SSSR count). The van der Waals surface area contributed by atoms with Gasteiger partial charge in [-0.05, 0) is 53.9 Å². The molecule has 3 aromatic rings. The van der Waals surface area contributed by atoms with Gasteiger partial charge in [0.1, 0.15) is 5.82 Å². The Hall–Kier alpha value is -3.51. The summed E-state index contributed by atoms with van der Waals surface area (Å²) < 4.78 is 18.8. The predicted octanol–water partition coefficient (Wildman–Crippen LogP) is 4.38. The van der Waals surface area contributed by atoms with Gasteiger partial charge in [0.2, 0.25) is 5.91 Å². The first-order valence-corrected chi connectivity index (χ1v) is 11.1. The van der Waals surface area contributed by atoms with Gasteiger partial charge in [0.05, 0.1) is 26.2 Å². The van der Waals surface area contributed by atoms with Gasteiger partial charge in [0.15, 0.2) is 0 Å². The Labute approximate surface area is 193 Å². The van der Waals surface area contributed by atoms with Crippen LogP contribution in [0.3, 0.4) is 0 Å². The Balaban J connectivity index is 1.62. The molecule has 1 aliphatic rings. The van der Waals surface area contributed by atoms with Crippen LogP contribution in [0.2, 0.25) is 0 Å². The van der Waals surface area contributed by atoms with Gasteiger partial charge in [-0.3, -0.25) is 9.59 Å². The van der Waals surface area contributed by atoms with E-state index in [-0.39, 0.29) is 30.6 Å². The summed E-state index contributed by atoms with van der Waals surface area (Å²) in [6.07, 6.45) is 0.261. The van der Waals surface area contributed by atoms with Gasteiger partial charge in [-0.1, -0.05) is 42.5 Å². The average Bonchev–Trinajstić information content (AvgIpc) is 2.84. The lowest BCUT2D eigenvalue weighted by Crippen LogP contribution is -2.41. The van der Waals surface area contributed by atoms with E-state index < -0.39 is 0 Å². The van der Waals surface area contributed by atoms with Crippen LogP contribution in [0.15, 0.2) is 72.8 Å². The normalized spacial score (nSPS) is 13.6. The van der Waals surface area contributed by atoms with Crippen LogP contribution in [0.4, 0.5) is 10.1 Å². The number of hydrogen-bond donors (Lipinski definition) is 0. The zero-order chi connectivity index (χ0) is 23.2. The number of nitrogens with zero attached hydrogens (tertiary/aromatic N) is 2. The summed E-state index contributed by atoms with van der Waals surface area (Å²) in [5.74, 6) is -0.418. The average molecular weight is 447 g/mol. The number of hydrogen-bond acceptors (Lipinski definition) is 3. The molecule has 0 atom stereocenters. The number of carbonyl (C=O) groups is 2. The van der Waals surface area contributed by atoms with Crippen molar-refractivity contribution in [1.29, 1.82) is 0 Å². The van der Waals surface area contributed by atoms with Gasteiger partial charge in [0, 0.05) is 24.3 Å². The third kappa shape index (κ3) is 5.65. The van der Waals surface area contributed by atoms with E-state index in [1.807, 2.05) is 54.3 Å². The highest BCUT2D eigenvalue weighted by atomic mass is 19.1. The largest absolute Gasteiger partial charge is 0.378 e. The van der Waals surface area contributed by atoms with E-state index in [4.69, 9.17) is 4.74 Å². The molecule has 3 aromatic carbocycles. The Kier molecular flexibility index (Phi) is 7.15. The van der Waals surface area contributed by atoms with Gasteiger partial charge in [-0.25, -0.2) is 4.39 Å². The maximum absolute atomic E-state index is 13.6. The lowest BCUT2D eigenvalue weighted by molar-refractivity contribution is -0.134. The first-order valence-electron chi connectivity index (χ1n) is 11.1. The SMILES string of the molecule is Cc1ccccc1C(=O)N(Cc1ccc(F)cc1)c1cccc(CC(=O)N2CCOCC2)c1. The molecule has 6 heteroatoms. The van der Waals surface area contributed by atoms with Crippen molar-refractivity contribution in [2.24, 2.45) is 0 Å². The molecule has 2 amide bonds. The van der Waals surface area contributed by atoms with Crippen molar-refractivity contribution in [3.05, 3.63) is 101 Å². The summed E-state index contributed by atoms with van der Waals surface area (Å²) in [6, 6.07) is 21.1. The number of carbonyl (C=O) groups excluding carboxylic acids is 2. The topological polar surface area (TPSA) is 49.9 Å². The molecule has 1 aliphatic heterocycles. The Morgan fingerprint density at radius 3 is 2.39 bits per heavy atom. The van der Waals surface area contributed by atoms with Gasteiger partial charge >= 0.3 is 0 Å². The zero-order valence-corrected chi connectivity index (χ0v) is 18.7. The molecule has 0 saturated carbocycles. The fourth-order valence-electron chi connectivity index (χ4n) is 3.94. The smallest absolute Gasteiger partial charge is 0.258 e. The minimum Gasteiger partial charge on any atom is -0.378 e. The van der Waals surface area contributed by atoms with E-state index in [9.17, 15) is 14.0 Å². The first kappa shape index (κ1) is 22.7. The van der Waals surface area contributed by atoms with Crippen LogP contribution in [-0.4, -0.2) is 43.0 Å². The highest BCUT2D eigenvalue weighted by molar-refractivity contribution is 6.07. The highest BCUT2D eigenvalue weighted by Gasteiger charge is 2.21. The van der Waals surface area contributed by atoms with Crippen molar-refractivity contribution in [2.45, 2.75) is 19.9 Å². The molecule has 0 radical (unpaired) electrons. The summed E-state index contributed by atoms with van der Waals surface area (Å²) in [6.45, 7) is 4.50. The van der Waals surface area contributed by atoms with E-state index in [0.29, 0.717) is 37.6 Å². The molecule has 5 nitrogen and oxygen atoms in total. The molecule has 0 N–H and O–H groups in total. The zero-order valence-electron chi connectivity index (χ0n) is 18.7. The number of benzene rings is 3. The summed E-state index contributed by atoms with van der Waals surface area (Å²) in [5, 5.41) is 0. The molecule has 170 valence electrons. The van der Waals surface area contributed by atoms with E-state index >= 15 is 0 Å². The maximum atomic E-state index is 13.6. The molecule has 1 fully saturated rings. The van der Waals surface area contributed by atoms with Crippen LogP contribution >= 0.6 is 0 Å². The molecule has 1 heterocycles. The number of aryl methyl sites for hydroxylation is 1. The standard InChI is InChI=1S/C27H27FN2O3/c1-20-5-2-3-8-25(20)27(32)30(19-21-9-11-23(28)12-10-21)24-7-4-6-22(17-24)18-26(31)29-13-15-33-16-14-29/h2-12,17H,13-16,18-19H2,1H3. The van der Waals surface area contributed by atoms with Gasteiger partial charge in [0.25, 0.3) is 5.91 Å². The number of rotatable bonds is 6. The van der Waals surface area contributed by atoms with Crippen molar-refractivity contribution in [2.75, 3.05) is 31.2 Å². The number of anilines is 1. The van der Waals surface area contributed by atoms with Crippen LogP contribution in [0.25, 0.3) is 0 Å². The number of morpholine rings is 1. The van der Waals surface area contributed by atoms with E-state index in [1.165, 1.54) is 12.1 Å². The molecular formula is C27H27FN2O3. The Morgan fingerprint density at radius 2 is 1.67 bits per heavy atom. The van der Waals surface area contributed by atoms with Gasteiger partial charge in [-0.15, -0.1) is 0 Å². The number of ether oxygens (including phenoxy) is 1. The molecule has 0 aliphatic carbocycles. The van der Waals surface area contributed by atoms with Crippen molar-refractivity contribution in [3.8, 4) is 0 Å². The lowest BCUT2D eigenvalue weighted by atomic mass is 10.0. The van der Waals surface area contributed by atoms with Crippen LogP contribution in [0.1, 0.15) is 27.0 Å². The van der Waals surface area contributed by atoms with Crippen molar-refractivity contribution < 1.29 is 18.7 Å². The lowest BCUT2D eigenvalue weighted by Gasteiger charge is -2.27. The summed E-state index contributed by atoms with van der Waals surface area (Å²) in [7, 11) is 0. The minimum atomic E-state index is -0.320. The van der Waals surface area contributed by atoms with Crippen molar-refractivity contribution >= 4 is 17.5 Å². The Morgan fingerprint density at radius 1 is 0.939 bits per heavy atom. The van der Waals surface area contributed by atoms with E-state index in [1.54, 1.807) is 23.1 Å². The number of halogens is 1. The first-order chi connectivity index (χ1) is 16.0. The molecular weight excluding hydrogens is 419 g/mol. The van der Waals surface area contributed by atoms with E-state index in [2.05, 4.69) is 0 Å². The van der Waals surface area contributed by atoms with Crippen molar-refractivity contribution in [1.82, 2.24) is 4.90 Å². The third-order valence-corrected chi connectivity index (χ3v) is 5.82. The summed E-state index contributed by atoms with van der Waals surface area (Å²) in [5.41, 5.74) is 3.83. The Bertz CT molecular complexity index is 1120. The molecule has 1 saturated heterocycles. The summed E-state index contributed by atoms with van der Waals surface area (Å²) in [4.78, 5) is 29.8. The molecule has 0 spiro atoms. The van der Waals surface area contributed by atoms with Crippen molar-refractivity contribution in [3.63, 3.8) is 0 Å². The second-order valence-corrected chi connectivity index (χ2v) is 8.17. The van der Waals surface area contributed by atoms with E-state index in [0.717, 1.165) is 16.7 Å². The predicted molar refractivity (Wildman–Crippen MR) is 126 cm³/mol. The maximum Gasteiger partial charge on any atom is 0.258 e. The molecule has 33 heavy (non-hydrogen) atoms. The second kappa shape index (κ2) is 10.4. The van der Waals surface area contributed by atoms with Crippen LogP contribution in [-0.2, 0) is 22.5 Å². The quantitative estimate of drug-likeness (QED) is 0.565. The highest BCUT2D eigenvalue weighted by Crippen LogP contribution is 2.24. The second-order valence-electron chi connectivity index (χ2n) is 8.17. The minimum absolute atomic E-state index is 0.0470. The van der Waals surface area contributed by atoms with Gasteiger partial charge < -0.3 is 14.5 Å². The van der Waals surface area contributed by atoms with Crippen LogP contribution in [0.5, 0.6) is 0 Å². The molecule has 0 unspecified atom stereocenters. The van der Waals surface area contributed by atoms with Crippen LogP contribution in [0, 0.1) is 12.7 Å². The number of amides is 2. The third-order valence-electron chi connectivity index (χ3n) is 5.82. The molecule has 0 bridgehead atoms. The van der Waals surface area contributed by atoms with Crippen LogP contribution < -0.4 is 4.90 Å². The fraction of sp³-hybridized carbons (Fsp3) is 0.259.